The molecule has 2 heterocycles. The summed E-state index contributed by atoms with van der Waals surface area (Å²) in [5, 5.41) is 19.2. The Morgan fingerprint density at radius 2 is 2.06 bits per heavy atom. The lowest BCUT2D eigenvalue weighted by Gasteiger charge is -2.17. The number of aliphatic carboxylic acids is 1. The van der Waals surface area contributed by atoms with Crippen LogP contribution in [0.5, 0.6) is 11.5 Å². The number of aromatic nitrogens is 2. The van der Waals surface area contributed by atoms with E-state index in [0.717, 1.165) is 17.0 Å². The van der Waals surface area contributed by atoms with Crippen LogP contribution in [0, 0.1) is 6.92 Å². The molecule has 1 aliphatic rings. The first-order chi connectivity index (χ1) is 15.9. The predicted molar refractivity (Wildman–Crippen MR) is 129 cm³/mol. The van der Waals surface area contributed by atoms with Gasteiger partial charge in [-0.15, -0.1) is 10.2 Å². The summed E-state index contributed by atoms with van der Waals surface area (Å²) in [4.78, 5) is 31.1. The molecule has 1 fully saturated rings. The Balaban J connectivity index is 1.90. The van der Waals surface area contributed by atoms with Crippen LogP contribution in [0.25, 0.3) is 6.08 Å². The van der Waals surface area contributed by atoms with Crippen LogP contribution in [-0.4, -0.2) is 56.5 Å². The maximum absolute atomic E-state index is 13.0. The summed E-state index contributed by atoms with van der Waals surface area (Å²) in [6, 6.07) is 5.16. The average Bonchev–Trinajstić information content (AvgIpc) is 3.31. The number of ether oxygens (including phenoxy) is 2. The second kappa shape index (κ2) is 11.3. The van der Waals surface area contributed by atoms with E-state index in [0.29, 0.717) is 46.3 Å². The van der Waals surface area contributed by atoms with E-state index < -0.39 is 12.1 Å². The normalized spacial score (nSPS) is 17.1. The van der Waals surface area contributed by atoms with Crippen molar-refractivity contribution in [3.8, 4) is 11.5 Å². The molecule has 1 atom stereocenters. The first kappa shape index (κ1) is 24.7. The Morgan fingerprint density at radius 1 is 1.27 bits per heavy atom. The van der Waals surface area contributed by atoms with E-state index in [4.69, 9.17) is 9.47 Å². The highest BCUT2D eigenvalue weighted by Gasteiger charge is 2.33. The van der Waals surface area contributed by atoms with Gasteiger partial charge in [0, 0.05) is 6.54 Å². The fraction of sp³-hybridized carbons (Fsp3) is 0.409. The zero-order valence-corrected chi connectivity index (χ0v) is 20.5. The monoisotopic (exact) mass is 490 g/mol. The fourth-order valence-corrected chi connectivity index (χ4v) is 4.64. The number of amides is 1. The minimum absolute atomic E-state index is 0.128. The minimum Gasteiger partial charge on any atom is -0.490 e. The molecule has 1 aromatic carbocycles. The lowest BCUT2D eigenvalue weighted by molar-refractivity contribution is -0.145. The molecule has 0 saturated carbocycles. The van der Waals surface area contributed by atoms with Crippen LogP contribution in [0.3, 0.4) is 0 Å². The summed E-state index contributed by atoms with van der Waals surface area (Å²) >= 11 is 2.65. The van der Waals surface area contributed by atoms with Gasteiger partial charge in [0.05, 0.1) is 11.5 Å². The zero-order valence-electron chi connectivity index (χ0n) is 18.9. The molecule has 2 aromatic rings. The molecule has 1 N–H and O–H groups in total. The van der Waals surface area contributed by atoms with Crippen LogP contribution in [-0.2, 0) is 9.59 Å². The second-order valence-electron chi connectivity index (χ2n) is 7.06. The van der Waals surface area contributed by atoms with Crippen molar-refractivity contribution in [2.24, 2.45) is 4.99 Å². The van der Waals surface area contributed by atoms with Gasteiger partial charge in [0.25, 0.3) is 5.91 Å². The van der Waals surface area contributed by atoms with E-state index in [1.54, 1.807) is 36.1 Å². The van der Waals surface area contributed by atoms with Gasteiger partial charge in [0.1, 0.15) is 5.01 Å². The van der Waals surface area contributed by atoms with Crippen molar-refractivity contribution < 1.29 is 24.2 Å². The van der Waals surface area contributed by atoms with Crippen molar-refractivity contribution in [3.63, 3.8) is 0 Å². The number of carboxylic acid groups (broad SMARTS) is 1. The number of aliphatic imine (C=N–C) groups is 1. The molecule has 0 bridgehead atoms. The molecule has 1 aliphatic heterocycles. The van der Waals surface area contributed by atoms with Gasteiger partial charge in [-0.25, -0.2) is 4.79 Å². The van der Waals surface area contributed by atoms with Gasteiger partial charge in [-0.2, -0.15) is 4.99 Å². The number of nitrogens with zero attached hydrogens (tertiary/aromatic N) is 4. The van der Waals surface area contributed by atoms with Crippen molar-refractivity contribution in [2.45, 2.75) is 46.6 Å². The molecule has 1 aromatic heterocycles. The third-order valence-electron chi connectivity index (χ3n) is 4.52. The van der Waals surface area contributed by atoms with E-state index in [2.05, 4.69) is 15.2 Å². The molecular formula is C22H26N4O5S2. The minimum atomic E-state index is -1.03. The summed E-state index contributed by atoms with van der Waals surface area (Å²) in [5.41, 5.74) is 0.731. The predicted octanol–water partition coefficient (Wildman–Crippen LogP) is 4.50. The molecular weight excluding hydrogens is 464 g/mol. The molecule has 33 heavy (non-hydrogen) atoms. The largest absolute Gasteiger partial charge is 0.490 e. The van der Waals surface area contributed by atoms with Crippen molar-refractivity contribution in [1.82, 2.24) is 15.1 Å². The Labute approximate surface area is 200 Å². The first-order valence-electron chi connectivity index (χ1n) is 10.6. The van der Waals surface area contributed by atoms with Crippen molar-refractivity contribution in [2.75, 3.05) is 13.2 Å². The van der Waals surface area contributed by atoms with Gasteiger partial charge in [0.15, 0.2) is 22.8 Å². The Kier molecular flexibility index (Phi) is 8.45. The fourth-order valence-electron chi connectivity index (χ4n) is 3.02. The number of thioether (sulfide) groups is 1. The number of rotatable bonds is 10. The second-order valence-corrected chi connectivity index (χ2v) is 9.23. The number of carbonyl (C=O) groups excluding carboxylic acids is 1. The van der Waals surface area contributed by atoms with Crippen LogP contribution in [0.2, 0.25) is 0 Å². The first-order valence-corrected chi connectivity index (χ1v) is 12.3. The Morgan fingerprint density at radius 3 is 2.67 bits per heavy atom. The summed E-state index contributed by atoms with van der Waals surface area (Å²) in [6.45, 7) is 8.36. The van der Waals surface area contributed by atoms with E-state index in [9.17, 15) is 14.7 Å². The Hall–Kier alpha value is -2.92. The summed E-state index contributed by atoms with van der Waals surface area (Å²) in [5.74, 6) is -0.393. The number of carboxylic acids is 1. The molecule has 0 aliphatic carbocycles. The van der Waals surface area contributed by atoms with Crippen LogP contribution >= 0.6 is 23.1 Å². The van der Waals surface area contributed by atoms with E-state index in [-0.39, 0.29) is 5.91 Å². The molecule has 0 spiro atoms. The average molecular weight is 491 g/mol. The quantitative estimate of drug-likeness (QED) is 0.484. The van der Waals surface area contributed by atoms with Gasteiger partial charge < -0.3 is 14.6 Å². The lowest BCUT2D eigenvalue weighted by Crippen LogP contribution is -2.29. The molecule has 0 radical (unpaired) electrons. The maximum atomic E-state index is 13.0. The lowest BCUT2D eigenvalue weighted by atomic mass is 10.1. The smallest absolute Gasteiger partial charge is 0.344 e. The highest BCUT2D eigenvalue weighted by atomic mass is 32.2. The highest BCUT2D eigenvalue weighted by Crippen LogP contribution is 2.36. The number of benzene rings is 1. The topological polar surface area (TPSA) is 114 Å². The molecule has 11 heteroatoms. The van der Waals surface area contributed by atoms with Crippen molar-refractivity contribution in [3.05, 3.63) is 33.7 Å². The maximum Gasteiger partial charge on any atom is 0.344 e. The van der Waals surface area contributed by atoms with E-state index in [1.165, 1.54) is 23.1 Å². The zero-order chi connectivity index (χ0) is 24.0. The van der Waals surface area contributed by atoms with E-state index >= 15 is 0 Å². The number of carbonyl (C=O) groups is 2. The molecule has 1 amide bonds. The van der Waals surface area contributed by atoms with Crippen LogP contribution < -0.4 is 9.47 Å². The number of hydrogen-bond donors (Lipinski definition) is 1. The summed E-state index contributed by atoms with van der Waals surface area (Å²) < 4.78 is 11.3. The van der Waals surface area contributed by atoms with Gasteiger partial charge in [-0.05, 0) is 62.2 Å². The molecule has 9 nitrogen and oxygen atoms in total. The van der Waals surface area contributed by atoms with Gasteiger partial charge in [0.2, 0.25) is 5.13 Å². The molecule has 1 unspecified atom stereocenters. The van der Waals surface area contributed by atoms with Gasteiger partial charge >= 0.3 is 5.97 Å². The van der Waals surface area contributed by atoms with Crippen LogP contribution in [0.15, 0.2) is 28.1 Å². The van der Waals surface area contributed by atoms with Crippen LogP contribution in [0.4, 0.5) is 5.13 Å². The van der Waals surface area contributed by atoms with Crippen molar-refractivity contribution >= 4 is 51.4 Å². The summed E-state index contributed by atoms with van der Waals surface area (Å²) in [6.07, 6.45) is 1.91. The number of amidine groups is 1. The van der Waals surface area contributed by atoms with Gasteiger partial charge in [-0.1, -0.05) is 31.3 Å². The van der Waals surface area contributed by atoms with Gasteiger partial charge in [-0.3, -0.25) is 9.69 Å². The third-order valence-corrected chi connectivity index (χ3v) is 6.26. The molecule has 1 saturated heterocycles. The third kappa shape index (κ3) is 6.11. The number of aryl methyl sites for hydroxylation is 1. The Bertz CT molecular complexity index is 1080. The molecule has 176 valence electrons. The number of hydrogen-bond acceptors (Lipinski definition) is 9. The SMILES string of the molecule is CCCN1C(=O)/C(=C\c2ccc(OC(CC)C(=O)O)c(OCC)c2)S/C1=N/c1nnc(C)s1. The molecule has 3 rings (SSSR count). The highest BCUT2D eigenvalue weighted by molar-refractivity contribution is 8.18. The summed E-state index contributed by atoms with van der Waals surface area (Å²) in [7, 11) is 0. The van der Waals surface area contributed by atoms with Crippen LogP contribution in [0.1, 0.15) is 44.2 Å². The van der Waals surface area contributed by atoms with Crippen molar-refractivity contribution in [1.29, 1.82) is 0 Å². The standard InChI is InChI=1S/C22H26N4O5S2/c1-5-10-26-19(27)18(33-22(26)23-21-25-24-13(4)32-21)12-14-8-9-16(17(11-14)30-7-3)31-15(6-2)20(28)29/h8-9,11-12,15H,5-7,10H2,1-4H3,(H,28,29)/b18-12+,23-22+. The van der Waals surface area contributed by atoms with E-state index in [1.807, 2.05) is 20.8 Å².